The van der Waals surface area contributed by atoms with E-state index in [1.54, 1.807) is 0 Å². The van der Waals surface area contributed by atoms with Crippen molar-refractivity contribution in [2.24, 2.45) is 11.8 Å². The molecule has 0 saturated carbocycles. The van der Waals surface area contributed by atoms with Crippen LogP contribution in [0.2, 0.25) is 0 Å². The molecule has 0 amide bonds. The van der Waals surface area contributed by atoms with Gasteiger partial charge < -0.3 is 33.3 Å². The Morgan fingerprint density at radius 3 is 1.56 bits per heavy atom. The molecule has 0 spiro atoms. The minimum Gasteiger partial charge on any atom is -0.465 e. The van der Waals surface area contributed by atoms with E-state index in [0.29, 0.717) is 26.1 Å². The van der Waals surface area contributed by atoms with E-state index >= 15 is 0 Å². The van der Waals surface area contributed by atoms with Gasteiger partial charge in [-0.25, -0.2) is 4.79 Å². The molecule has 0 fully saturated rings. The van der Waals surface area contributed by atoms with Crippen molar-refractivity contribution >= 4 is 18.1 Å². The molecular weight excluding hydrogens is 686 g/mol. The summed E-state index contributed by atoms with van der Waals surface area (Å²) in [4.78, 5) is 40.9. The van der Waals surface area contributed by atoms with Crippen molar-refractivity contribution in [3.05, 3.63) is 0 Å². The summed E-state index contributed by atoms with van der Waals surface area (Å²) < 4.78 is 34.4. The molecule has 0 bridgehead atoms. The highest BCUT2D eigenvalue weighted by atomic mass is 16.7. The van der Waals surface area contributed by atoms with Crippen LogP contribution >= 0.6 is 0 Å². The first-order valence-corrected chi connectivity index (χ1v) is 22.4. The van der Waals surface area contributed by atoms with Crippen LogP contribution in [0.3, 0.4) is 0 Å². The maximum absolute atomic E-state index is 13.2. The summed E-state index contributed by atoms with van der Waals surface area (Å²) in [7, 11) is 0. The Hall–Kier alpha value is -1.91. The highest BCUT2D eigenvalue weighted by Gasteiger charge is 2.23. The van der Waals surface area contributed by atoms with E-state index in [-0.39, 0.29) is 44.7 Å². The Morgan fingerprint density at radius 2 is 0.981 bits per heavy atom. The van der Waals surface area contributed by atoms with E-state index in [4.69, 9.17) is 28.4 Å². The van der Waals surface area contributed by atoms with Gasteiger partial charge in [0.25, 0.3) is 0 Å². The third-order valence-corrected chi connectivity index (χ3v) is 9.94. The molecule has 0 aliphatic heterocycles. The molecule has 0 aliphatic rings. The van der Waals surface area contributed by atoms with Gasteiger partial charge in [-0.2, -0.15) is 0 Å². The van der Waals surface area contributed by atoms with Crippen LogP contribution in [0.4, 0.5) is 4.79 Å². The van der Waals surface area contributed by atoms with Gasteiger partial charge in [0.1, 0.15) is 19.8 Å². The van der Waals surface area contributed by atoms with Crippen molar-refractivity contribution in [1.29, 1.82) is 0 Å². The predicted molar refractivity (Wildman–Crippen MR) is 219 cm³/mol. The molecule has 10 nitrogen and oxygen atoms in total. The molecule has 0 aromatic carbocycles. The van der Waals surface area contributed by atoms with Crippen LogP contribution < -0.4 is 0 Å². The van der Waals surface area contributed by atoms with E-state index in [1.165, 1.54) is 51.4 Å². The fourth-order valence-corrected chi connectivity index (χ4v) is 6.25. The number of rotatable bonds is 40. The average molecular weight is 772 g/mol. The van der Waals surface area contributed by atoms with Crippen LogP contribution in [0.1, 0.15) is 189 Å². The summed E-state index contributed by atoms with van der Waals surface area (Å²) in [5.41, 5.74) is 0. The first-order valence-electron chi connectivity index (χ1n) is 22.4. The number of nitrogens with zero attached hydrogens (tertiary/aromatic N) is 1. The second kappa shape index (κ2) is 39.3. The van der Waals surface area contributed by atoms with E-state index in [9.17, 15) is 14.4 Å². The van der Waals surface area contributed by atoms with Crippen molar-refractivity contribution in [2.75, 3.05) is 59.3 Å². The first kappa shape index (κ1) is 52.1. The minimum atomic E-state index is -0.776. The third kappa shape index (κ3) is 32.3. The lowest BCUT2D eigenvalue weighted by molar-refractivity contribution is -0.161. The molecule has 10 heteroatoms. The lowest BCUT2D eigenvalue weighted by Gasteiger charge is -2.21. The minimum absolute atomic E-state index is 0.00963. The van der Waals surface area contributed by atoms with Gasteiger partial charge in [0.05, 0.1) is 24.9 Å². The summed E-state index contributed by atoms with van der Waals surface area (Å²) in [6.07, 6.45) is 22.1. The zero-order valence-electron chi connectivity index (χ0n) is 36.0. The summed E-state index contributed by atoms with van der Waals surface area (Å²) in [6.45, 7) is 17.0. The highest BCUT2D eigenvalue weighted by Crippen LogP contribution is 2.20. The van der Waals surface area contributed by atoms with Gasteiger partial charge in [0.2, 0.25) is 0 Å². The summed E-state index contributed by atoms with van der Waals surface area (Å²) >= 11 is 0. The third-order valence-electron chi connectivity index (χ3n) is 9.94. The van der Waals surface area contributed by atoms with Crippen LogP contribution in [0, 0.1) is 11.8 Å². The summed E-state index contributed by atoms with van der Waals surface area (Å²) in [6, 6.07) is 0. The standard InChI is InChI=1S/C44H85NO9/c1-7-13-17-20-22-25-33-49-42(50-34-26-23-21-18-14-8-2)31-30-41(46)52-36-39(38-54-44(48)51-35-27-32-45(11-5)12-6)37-53-43(47)40(28-16-10-4)29-24-19-15-9-3/h39-40,42H,7-38H2,1-6H3. The van der Waals surface area contributed by atoms with Gasteiger partial charge in [0, 0.05) is 26.2 Å². The normalized spacial score (nSPS) is 12.6. The van der Waals surface area contributed by atoms with Gasteiger partial charge in [0.15, 0.2) is 6.29 Å². The van der Waals surface area contributed by atoms with Gasteiger partial charge >= 0.3 is 18.1 Å². The first-order chi connectivity index (χ1) is 26.3. The fraction of sp³-hybridized carbons (Fsp3) is 0.932. The molecule has 2 unspecified atom stereocenters. The lowest BCUT2D eigenvalue weighted by atomic mass is 9.95. The second-order valence-corrected chi connectivity index (χ2v) is 14.9. The molecule has 54 heavy (non-hydrogen) atoms. The second-order valence-electron chi connectivity index (χ2n) is 14.9. The SMILES string of the molecule is CCCCCCCCOC(CCC(=O)OCC(COC(=O)OCCCN(CC)CC)COC(=O)C(CCCC)CCCCCC)OCCCCCCCC. The topological polar surface area (TPSA) is 110 Å². The molecular formula is C44H85NO9. The number of hydrogen-bond acceptors (Lipinski definition) is 10. The van der Waals surface area contributed by atoms with Crippen molar-refractivity contribution in [3.63, 3.8) is 0 Å². The maximum Gasteiger partial charge on any atom is 0.508 e. The van der Waals surface area contributed by atoms with Crippen LogP contribution in [0.25, 0.3) is 0 Å². The number of carbonyl (C=O) groups excluding carboxylic acids is 3. The number of unbranched alkanes of at least 4 members (excludes halogenated alkanes) is 14. The van der Waals surface area contributed by atoms with Gasteiger partial charge in [-0.15, -0.1) is 0 Å². The summed E-state index contributed by atoms with van der Waals surface area (Å²) in [5.74, 6) is -1.30. The predicted octanol–water partition coefficient (Wildman–Crippen LogP) is 11.2. The van der Waals surface area contributed by atoms with Crippen molar-refractivity contribution < 1.29 is 42.8 Å². The Kier molecular flexibility index (Phi) is 37.9. The molecule has 0 rings (SSSR count). The molecule has 320 valence electrons. The largest absolute Gasteiger partial charge is 0.508 e. The quantitative estimate of drug-likeness (QED) is 0.0258. The van der Waals surface area contributed by atoms with E-state index in [1.807, 2.05) is 0 Å². The van der Waals surface area contributed by atoms with Gasteiger partial charge in [-0.3, -0.25) is 9.59 Å². The molecule has 2 atom stereocenters. The van der Waals surface area contributed by atoms with Crippen LogP contribution in [-0.4, -0.2) is 88.6 Å². The van der Waals surface area contributed by atoms with Gasteiger partial charge in [-0.05, 0) is 45.2 Å². The molecule has 0 N–H and O–H groups in total. The molecule has 0 heterocycles. The average Bonchev–Trinajstić information content (AvgIpc) is 3.18. The molecule has 0 aromatic heterocycles. The van der Waals surface area contributed by atoms with Crippen molar-refractivity contribution in [1.82, 2.24) is 4.90 Å². The molecule has 0 aliphatic carbocycles. The summed E-state index contributed by atoms with van der Waals surface area (Å²) in [5, 5.41) is 0. The van der Waals surface area contributed by atoms with Crippen LogP contribution in [0.15, 0.2) is 0 Å². The van der Waals surface area contributed by atoms with Crippen LogP contribution in [-0.2, 0) is 38.0 Å². The Bertz CT molecular complexity index is 836. The van der Waals surface area contributed by atoms with Crippen LogP contribution in [0.5, 0.6) is 0 Å². The Labute approximate surface area is 331 Å². The maximum atomic E-state index is 13.2. The molecule has 0 aromatic rings. The number of carbonyl (C=O) groups is 3. The van der Waals surface area contributed by atoms with E-state index < -0.39 is 24.3 Å². The van der Waals surface area contributed by atoms with E-state index in [2.05, 4.69) is 46.4 Å². The monoisotopic (exact) mass is 772 g/mol. The Balaban J connectivity index is 5.20. The number of ether oxygens (including phenoxy) is 6. The highest BCUT2D eigenvalue weighted by molar-refractivity contribution is 5.72. The smallest absolute Gasteiger partial charge is 0.465 e. The molecule has 0 saturated heterocycles. The number of esters is 2. The number of hydrogen-bond donors (Lipinski definition) is 0. The zero-order valence-corrected chi connectivity index (χ0v) is 36.0. The van der Waals surface area contributed by atoms with Gasteiger partial charge in [-0.1, -0.05) is 144 Å². The van der Waals surface area contributed by atoms with E-state index in [0.717, 1.165) is 96.7 Å². The zero-order chi connectivity index (χ0) is 39.9. The fourth-order valence-electron chi connectivity index (χ4n) is 6.25. The van der Waals surface area contributed by atoms with Crippen molar-refractivity contribution in [3.8, 4) is 0 Å². The van der Waals surface area contributed by atoms with Crippen molar-refractivity contribution in [2.45, 2.75) is 196 Å². The lowest BCUT2D eigenvalue weighted by Crippen LogP contribution is -2.29. The Morgan fingerprint density at radius 1 is 0.481 bits per heavy atom. The molecule has 0 radical (unpaired) electrons.